The van der Waals surface area contributed by atoms with Crippen molar-refractivity contribution < 1.29 is 9.72 Å². The van der Waals surface area contributed by atoms with E-state index in [-0.39, 0.29) is 23.1 Å². The molecule has 10 heteroatoms. The summed E-state index contributed by atoms with van der Waals surface area (Å²) in [5.41, 5.74) is 1.57. The van der Waals surface area contributed by atoms with E-state index < -0.39 is 10.8 Å². The Bertz CT molecular complexity index is 1050. The average Bonchev–Trinajstić information content (AvgIpc) is 2.69. The van der Waals surface area contributed by atoms with Crippen molar-refractivity contribution in [3.63, 3.8) is 0 Å². The lowest BCUT2D eigenvalue weighted by Crippen LogP contribution is -2.22. The molecule has 28 heavy (non-hydrogen) atoms. The van der Waals surface area contributed by atoms with Crippen molar-refractivity contribution in [1.82, 2.24) is 15.3 Å². The lowest BCUT2D eigenvalue weighted by molar-refractivity contribution is -0.384. The van der Waals surface area contributed by atoms with Gasteiger partial charge >= 0.3 is 0 Å². The highest BCUT2D eigenvalue weighted by Gasteiger charge is 2.11. The van der Waals surface area contributed by atoms with Crippen molar-refractivity contribution >= 4 is 46.3 Å². The van der Waals surface area contributed by atoms with Gasteiger partial charge in [-0.05, 0) is 35.4 Å². The number of rotatable bonds is 6. The van der Waals surface area contributed by atoms with E-state index >= 15 is 0 Å². The molecule has 1 aromatic heterocycles. The van der Waals surface area contributed by atoms with Crippen LogP contribution in [0.3, 0.4) is 0 Å². The number of hydrogen-bond acceptors (Lipinski definition) is 6. The molecule has 3 rings (SSSR count). The van der Waals surface area contributed by atoms with Gasteiger partial charge in [0, 0.05) is 29.9 Å². The fourth-order valence-corrected chi connectivity index (χ4v) is 2.65. The number of carbonyl (C=O) groups is 1. The number of nitro benzene ring substituents is 1. The first-order valence-electron chi connectivity index (χ1n) is 7.99. The molecule has 0 spiro atoms. The van der Waals surface area contributed by atoms with Crippen LogP contribution in [0.25, 0.3) is 0 Å². The monoisotopic (exact) mass is 417 g/mol. The number of amides is 1. The zero-order valence-corrected chi connectivity index (χ0v) is 15.7. The van der Waals surface area contributed by atoms with E-state index in [0.29, 0.717) is 16.5 Å². The van der Waals surface area contributed by atoms with Gasteiger partial charge in [-0.1, -0.05) is 29.8 Å². The third kappa shape index (κ3) is 4.93. The van der Waals surface area contributed by atoms with Crippen molar-refractivity contribution in [1.29, 1.82) is 0 Å². The maximum absolute atomic E-state index is 12.3. The maximum atomic E-state index is 12.3. The van der Waals surface area contributed by atoms with Gasteiger partial charge in [0.2, 0.25) is 5.28 Å². The fraction of sp³-hybridized carbons (Fsp3) is 0.0556. The molecule has 0 fully saturated rings. The second-order valence-corrected chi connectivity index (χ2v) is 6.40. The Balaban J connectivity index is 1.68. The lowest BCUT2D eigenvalue weighted by atomic mass is 10.1. The Morgan fingerprint density at radius 2 is 1.93 bits per heavy atom. The van der Waals surface area contributed by atoms with Crippen LogP contribution in [0.5, 0.6) is 0 Å². The first kappa shape index (κ1) is 19.5. The summed E-state index contributed by atoms with van der Waals surface area (Å²) in [6.07, 6.45) is 1.39. The number of nitrogens with one attached hydrogen (secondary N) is 2. The number of benzene rings is 2. The first-order valence-corrected chi connectivity index (χ1v) is 8.74. The normalized spacial score (nSPS) is 10.4. The van der Waals surface area contributed by atoms with Crippen molar-refractivity contribution in [3.8, 4) is 0 Å². The van der Waals surface area contributed by atoms with E-state index in [1.54, 1.807) is 18.2 Å². The second-order valence-electron chi connectivity index (χ2n) is 5.65. The molecule has 142 valence electrons. The molecule has 0 saturated carbocycles. The van der Waals surface area contributed by atoms with Crippen LogP contribution in [0.1, 0.15) is 15.9 Å². The summed E-state index contributed by atoms with van der Waals surface area (Å²) in [6.45, 7) is 0.231. The van der Waals surface area contributed by atoms with Crippen LogP contribution in [-0.4, -0.2) is 20.8 Å². The van der Waals surface area contributed by atoms with Gasteiger partial charge in [-0.3, -0.25) is 14.9 Å². The molecular formula is C18H13Cl2N5O3. The minimum Gasteiger partial charge on any atom is -0.348 e. The van der Waals surface area contributed by atoms with Gasteiger partial charge in [0.05, 0.1) is 11.1 Å². The molecule has 1 heterocycles. The van der Waals surface area contributed by atoms with Gasteiger partial charge in [-0.15, -0.1) is 0 Å². The number of halogens is 2. The molecule has 0 aliphatic heterocycles. The quantitative estimate of drug-likeness (QED) is 0.350. The molecule has 1 amide bonds. The standard InChI is InChI=1S/C18H13Cl2N5O3/c19-15-10-22-18(20)24-16(15)23-13-5-1-3-11(7-13)9-21-17(26)12-4-2-6-14(8-12)25(27)28/h1-8,10H,9H2,(H,21,26)(H,22,23,24). The van der Waals surface area contributed by atoms with E-state index in [9.17, 15) is 14.9 Å². The van der Waals surface area contributed by atoms with Crippen molar-refractivity contribution in [2.45, 2.75) is 6.54 Å². The summed E-state index contributed by atoms with van der Waals surface area (Å²) < 4.78 is 0. The molecule has 0 aliphatic carbocycles. The van der Waals surface area contributed by atoms with Crippen LogP contribution in [0.15, 0.2) is 54.7 Å². The number of aromatic nitrogens is 2. The molecule has 2 N–H and O–H groups in total. The number of anilines is 2. The van der Waals surface area contributed by atoms with Gasteiger partial charge in [-0.25, -0.2) is 4.98 Å². The summed E-state index contributed by atoms with van der Waals surface area (Å²) in [5, 5.41) is 17.0. The molecule has 8 nitrogen and oxygen atoms in total. The van der Waals surface area contributed by atoms with Gasteiger partial charge in [0.25, 0.3) is 11.6 Å². The summed E-state index contributed by atoms with van der Waals surface area (Å²) >= 11 is 11.8. The van der Waals surface area contributed by atoms with Crippen LogP contribution in [-0.2, 0) is 6.54 Å². The predicted molar refractivity (Wildman–Crippen MR) is 106 cm³/mol. The number of carbonyl (C=O) groups excluding carboxylic acids is 1. The molecule has 0 atom stereocenters. The lowest BCUT2D eigenvalue weighted by Gasteiger charge is -2.10. The fourth-order valence-electron chi connectivity index (χ4n) is 2.37. The van der Waals surface area contributed by atoms with E-state index in [1.807, 2.05) is 6.07 Å². The topological polar surface area (TPSA) is 110 Å². The van der Waals surface area contributed by atoms with E-state index in [4.69, 9.17) is 23.2 Å². The zero-order chi connectivity index (χ0) is 20.1. The molecule has 2 aromatic carbocycles. The highest BCUT2D eigenvalue weighted by Crippen LogP contribution is 2.24. The van der Waals surface area contributed by atoms with Crippen molar-refractivity contribution in [2.75, 3.05) is 5.32 Å². The smallest absolute Gasteiger partial charge is 0.270 e. The van der Waals surface area contributed by atoms with Crippen LogP contribution < -0.4 is 10.6 Å². The predicted octanol–water partition coefficient (Wildman–Crippen LogP) is 4.37. The number of nitro groups is 1. The Hall–Kier alpha value is -3.23. The molecule has 0 bridgehead atoms. The van der Waals surface area contributed by atoms with Crippen LogP contribution in [0.4, 0.5) is 17.2 Å². The van der Waals surface area contributed by atoms with E-state index in [1.165, 1.54) is 30.5 Å². The highest BCUT2D eigenvalue weighted by atomic mass is 35.5. The molecule has 3 aromatic rings. The number of non-ortho nitro benzene ring substituents is 1. The van der Waals surface area contributed by atoms with Crippen LogP contribution >= 0.6 is 23.2 Å². The van der Waals surface area contributed by atoms with Gasteiger partial charge in [0.1, 0.15) is 5.02 Å². The Labute approximate surface area is 169 Å². The zero-order valence-electron chi connectivity index (χ0n) is 14.2. The summed E-state index contributed by atoms with van der Waals surface area (Å²) in [4.78, 5) is 30.3. The van der Waals surface area contributed by atoms with Crippen molar-refractivity contribution in [3.05, 3.63) is 86.3 Å². The Morgan fingerprint density at radius 3 is 2.71 bits per heavy atom. The summed E-state index contributed by atoms with van der Waals surface area (Å²) in [6, 6.07) is 12.8. The van der Waals surface area contributed by atoms with Gasteiger partial charge < -0.3 is 10.6 Å². The minimum atomic E-state index is -0.545. The Morgan fingerprint density at radius 1 is 1.14 bits per heavy atom. The SMILES string of the molecule is O=C(NCc1cccc(Nc2nc(Cl)ncc2Cl)c1)c1cccc([N+](=O)[O-])c1. The third-order valence-corrected chi connectivity index (χ3v) is 4.14. The highest BCUT2D eigenvalue weighted by molar-refractivity contribution is 6.33. The van der Waals surface area contributed by atoms with Crippen LogP contribution in [0.2, 0.25) is 10.3 Å². The third-order valence-electron chi connectivity index (χ3n) is 3.68. The second kappa shape index (κ2) is 8.64. The van der Waals surface area contributed by atoms with Crippen molar-refractivity contribution in [2.24, 2.45) is 0 Å². The minimum absolute atomic E-state index is 0.0623. The summed E-state index contributed by atoms with van der Waals surface area (Å²) in [7, 11) is 0. The number of nitrogens with zero attached hydrogens (tertiary/aromatic N) is 3. The number of hydrogen-bond donors (Lipinski definition) is 2. The summed E-state index contributed by atoms with van der Waals surface area (Å²) in [5.74, 6) is -0.0489. The molecule has 0 aliphatic rings. The maximum Gasteiger partial charge on any atom is 0.270 e. The molecular weight excluding hydrogens is 405 g/mol. The first-order chi connectivity index (χ1) is 13.4. The van der Waals surface area contributed by atoms with Gasteiger partial charge in [-0.2, -0.15) is 4.98 Å². The van der Waals surface area contributed by atoms with Crippen LogP contribution in [0, 0.1) is 10.1 Å². The Kier molecular flexibility index (Phi) is 6.03. The average molecular weight is 418 g/mol. The van der Waals surface area contributed by atoms with Gasteiger partial charge in [0.15, 0.2) is 5.82 Å². The van der Waals surface area contributed by atoms with E-state index in [0.717, 1.165) is 5.56 Å². The molecule has 0 unspecified atom stereocenters. The van der Waals surface area contributed by atoms with E-state index in [2.05, 4.69) is 20.6 Å². The molecule has 0 saturated heterocycles. The largest absolute Gasteiger partial charge is 0.348 e. The molecule has 0 radical (unpaired) electrons.